The van der Waals surface area contributed by atoms with Gasteiger partial charge >= 0.3 is 0 Å². The molecule has 4 nitrogen and oxygen atoms in total. The number of nitrogens with two attached hydrogens (primary N) is 1. The fraction of sp³-hybridized carbons (Fsp3) is 0.500. The lowest BCUT2D eigenvalue weighted by Gasteiger charge is -2.10. The molecule has 1 unspecified atom stereocenters. The first-order chi connectivity index (χ1) is 9.24. The number of hydrogen-bond acceptors (Lipinski definition) is 4. The van der Waals surface area contributed by atoms with Crippen LogP contribution in [0.25, 0.3) is 0 Å². The van der Waals surface area contributed by atoms with Crippen LogP contribution in [-0.2, 0) is 4.79 Å². The van der Waals surface area contributed by atoms with Gasteiger partial charge in [-0.2, -0.15) is 11.8 Å². The summed E-state index contributed by atoms with van der Waals surface area (Å²) in [6, 6.07) is 7.19. The van der Waals surface area contributed by atoms with Crippen molar-refractivity contribution in [1.29, 1.82) is 0 Å². The standard InChI is InChI=1S/C14H20N2O2S/c15-12-1-3-13(4-2-12)18-7-5-14(17)16-9-11-6-8-19-10-11/h1-4,11H,5-10,15H2,(H,16,17). The van der Waals surface area contributed by atoms with E-state index < -0.39 is 0 Å². The maximum Gasteiger partial charge on any atom is 0.223 e. The Bertz CT molecular complexity index is 402. The number of nitrogen functional groups attached to an aromatic ring is 1. The zero-order valence-corrected chi connectivity index (χ0v) is 11.7. The predicted molar refractivity (Wildman–Crippen MR) is 79.4 cm³/mol. The highest BCUT2D eigenvalue weighted by Crippen LogP contribution is 2.22. The van der Waals surface area contributed by atoms with Crippen molar-refractivity contribution in [1.82, 2.24) is 5.32 Å². The largest absolute Gasteiger partial charge is 0.493 e. The number of carbonyl (C=O) groups is 1. The molecular formula is C14H20N2O2S. The van der Waals surface area contributed by atoms with E-state index in [1.807, 2.05) is 23.9 Å². The van der Waals surface area contributed by atoms with Crippen molar-refractivity contribution in [2.45, 2.75) is 12.8 Å². The van der Waals surface area contributed by atoms with Crippen LogP contribution < -0.4 is 15.8 Å². The highest BCUT2D eigenvalue weighted by Gasteiger charge is 2.15. The smallest absolute Gasteiger partial charge is 0.223 e. The second-order valence-corrected chi connectivity index (χ2v) is 5.85. The maximum absolute atomic E-state index is 11.6. The van der Waals surface area contributed by atoms with E-state index in [0.29, 0.717) is 24.6 Å². The molecule has 5 heteroatoms. The van der Waals surface area contributed by atoms with Gasteiger partial charge in [-0.25, -0.2) is 0 Å². The van der Waals surface area contributed by atoms with Crippen molar-refractivity contribution in [2.75, 3.05) is 30.4 Å². The molecule has 1 atom stereocenters. The lowest BCUT2D eigenvalue weighted by atomic mass is 10.1. The zero-order valence-electron chi connectivity index (χ0n) is 10.9. The topological polar surface area (TPSA) is 64.3 Å². The normalized spacial score (nSPS) is 18.2. The fourth-order valence-corrected chi connectivity index (χ4v) is 3.20. The third-order valence-corrected chi connectivity index (χ3v) is 4.32. The van der Waals surface area contributed by atoms with E-state index in [0.717, 1.165) is 12.3 Å². The summed E-state index contributed by atoms with van der Waals surface area (Å²) >= 11 is 1.96. The SMILES string of the molecule is Nc1ccc(OCCC(=O)NCC2CCSC2)cc1. The van der Waals surface area contributed by atoms with E-state index >= 15 is 0 Å². The van der Waals surface area contributed by atoms with Gasteiger partial charge in [0.25, 0.3) is 0 Å². The molecule has 1 aromatic rings. The second kappa shape index (κ2) is 7.28. The molecule has 0 radical (unpaired) electrons. The quantitative estimate of drug-likeness (QED) is 0.781. The number of nitrogens with one attached hydrogen (secondary N) is 1. The molecule has 1 fully saturated rings. The Morgan fingerprint density at radius 3 is 2.89 bits per heavy atom. The third-order valence-electron chi connectivity index (χ3n) is 3.09. The first-order valence-electron chi connectivity index (χ1n) is 6.57. The molecular weight excluding hydrogens is 260 g/mol. The Labute approximate surface area is 118 Å². The summed E-state index contributed by atoms with van der Waals surface area (Å²) in [7, 11) is 0. The molecule has 104 valence electrons. The zero-order chi connectivity index (χ0) is 13.5. The van der Waals surface area contributed by atoms with Crippen LogP contribution in [-0.4, -0.2) is 30.6 Å². The molecule has 1 aliphatic rings. The summed E-state index contributed by atoms with van der Waals surface area (Å²) in [4.78, 5) is 11.6. The molecule has 1 amide bonds. The molecule has 1 aliphatic heterocycles. The number of carbonyl (C=O) groups excluding carboxylic acids is 1. The van der Waals surface area contributed by atoms with Crippen molar-refractivity contribution >= 4 is 23.4 Å². The third kappa shape index (κ3) is 5.03. The van der Waals surface area contributed by atoms with E-state index in [1.165, 1.54) is 17.9 Å². The summed E-state index contributed by atoms with van der Waals surface area (Å²) in [5.41, 5.74) is 6.29. The Morgan fingerprint density at radius 1 is 1.42 bits per heavy atom. The number of thioether (sulfide) groups is 1. The van der Waals surface area contributed by atoms with Crippen molar-refractivity contribution in [2.24, 2.45) is 5.92 Å². The number of benzene rings is 1. The van der Waals surface area contributed by atoms with Gasteiger partial charge in [0, 0.05) is 12.2 Å². The highest BCUT2D eigenvalue weighted by molar-refractivity contribution is 7.99. The van der Waals surface area contributed by atoms with Gasteiger partial charge in [0.2, 0.25) is 5.91 Å². The fourth-order valence-electron chi connectivity index (χ4n) is 1.92. The molecule has 2 rings (SSSR count). The molecule has 1 saturated heterocycles. The van der Waals surface area contributed by atoms with E-state index in [-0.39, 0.29) is 5.91 Å². The van der Waals surface area contributed by atoms with Gasteiger partial charge in [0.1, 0.15) is 5.75 Å². The van der Waals surface area contributed by atoms with Crippen LogP contribution in [0.4, 0.5) is 5.69 Å². The Balaban J connectivity index is 1.59. The first-order valence-corrected chi connectivity index (χ1v) is 7.72. The molecule has 1 aromatic carbocycles. The van der Waals surface area contributed by atoms with E-state index in [1.54, 1.807) is 12.1 Å². The van der Waals surface area contributed by atoms with Gasteiger partial charge in [-0.3, -0.25) is 4.79 Å². The van der Waals surface area contributed by atoms with Gasteiger partial charge < -0.3 is 15.8 Å². The lowest BCUT2D eigenvalue weighted by molar-refractivity contribution is -0.121. The van der Waals surface area contributed by atoms with Crippen LogP contribution in [0.3, 0.4) is 0 Å². The molecule has 0 saturated carbocycles. The van der Waals surface area contributed by atoms with Crippen molar-refractivity contribution in [3.8, 4) is 5.75 Å². The molecule has 0 aliphatic carbocycles. The highest BCUT2D eigenvalue weighted by atomic mass is 32.2. The Morgan fingerprint density at radius 2 is 2.21 bits per heavy atom. The van der Waals surface area contributed by atoms with Gasteiger partial charge in [-0.1, -0.05) is 0 Å². The van der Waals surface area contributed by atoms with Crippen molar-refractivity contribution in [3.05, 3.63) is 24.3 Å². The van der Waals surface area contributed by atoms with Gasteiger partial charge in [0.15, 0.2) is 0 Å². The number of anilines is 1. The van der Waals surface area contributed by atoms with Crippen LogP contribution in [0.1, 0.15) is 12.8 Å². The van der Waals surface area contributed by atoms with Gasteiger partial charge in [-0.05, 0) is 48.1 Å². The molecule has 19 heavy (non-hydrogen) atoms. The maximum atomic E-state index is 11.6. The number of ether oxygens (including phenoxy) is 1. The molecule has 0 spiro atoms. The molecule has 0 aromatic heterocycles. The average molecular weight is 280 g/mol. The molecule has 3 N–H and O–H groups in total. The minimum absolute atomic E-state index is 0.0624. The first kappa shape index (κ1) is 14.1. The Hall–Kier alpha value is -1.36. The van der Waals surface area contributed by atoms with Crippen molar-refractivity contribution in [3.63, 3.8) is 0 Å². The summed E-state index contributed by atoms with van der Waals surface area (Å²) in [5, 5.41) is 2.97. The van der Waals surface area contributed by atoms with Gasteiger partial charge in [-0.15, -0.1) is 0 Å². The number of hydrogen-bond donors (Lipinski definition) is 2. The van der Waals surface area contributed by atoms with E-state index in [2.05, 4.69) is 5.32 Å². The van der Waals surface area contributed by atoms with Gasteiger partial charge in [0.05, 0.1) is 13.0 Å². The lowest BCUT2D eigenvalue weighted by Crippen LogP contribution is -2.30. The average Bonchev–Trinajstić information content (AvgIpc) is 2.92. The minimum atomic E-state index is 0.0624. The second-order valence-electron chi connectivity index (χ2n) is 4.70. The van der Waals surface area contributed by atoms with Crippen LogP contribution in [0.15, 0.2) is 24.3 Å². The summed E-state index contributed by atoms with van der Waals surface area (Å²) in [5.74, 6) is 3.84. The minimum Gasteiger partial charge on any atom is -0.493 e. The number of amides is 1. The van der Waals surface area contributed by atoms with Crippen LogP contribution in [0, 0.1) is 5.92 Å². The monoisotopic (exact) mass is 280 g/mol. The van der Waals surface area contributed by atoms with Crippen LogP contribution in [0.5, 0.6) is 5.75 Å². The predicted octanol–water partition coefficient (Wildman–Crippen LogP) is 1.91. The molecule has 1 heterocycles. The number of rotatable bonds is 6. The summed E-state index contributed by atoms with van der Waals surface area (Å²) in [6.45, 7) is 1.20. The van der Waals surface area contributed by atoms with Crippen molar-refractivity contribution < 1.29 is 9.53 Å². The molecule has 0 bridgehead atoms. The Kier molecular flexibility index (Phi) is 5.39. The summed E-state index contributed by atoms with van der Waals surface area (Å²) in [6.07, 6.45) is 1.61. The van der Waals surface area contributed by atoms with E-state index in [9.17, 15) is 4.79 Å². The van der Waals surface area contributed by atoms with Crippen LogP contribution >= 0.6 is 11.8 Å². The van der Waals surface area contributed by atoms with Crippen LogP contribution in [0.2, 0.25) is 0 Å². The van der Waals surface area contributed by atoms with E-state index in [4.69, 9.17) is 10.5 Å². The summed E-state index contributed by atoms with van der Waals surface area (Å²) < 4.78 is 5.48.